The first kappa shape index (κ1) is 10.6. The smallest absolute Gasteiger partial charge is 0.223 e. The summed E-state index contributed by atoms with van der Waals surface area (Å²) >= 11 is 0. The summed E-state index contributed by atoms with van der Waals surface area (Å²) < 4.78 is 0. The van der Waals surface area contributed by atoms with Gasteiger partial charge in [0.05, 0.1) is 0 Å². The molecule has 4 atom stereocenters. The molecule has 1 saturated heterocycles. The van der Waals surface area contributed by atoms with Crippen LogP contribution in [0.4, 0.5) is 0 Å². The van der Waals surface area contributed by atoms with Crippen LogP contribution in [0.2, 0.25) is 0 Å². The Morgan fingerprint density at radius 1 is 1.15 bits per heavy atom. The van der Waals surface area contributed by atoms with E-state index in [9.17, 15) is 4.79 Å². The Balaban J connectivity index is 2.79. The highest BCUT2D eigenvalue weighted by molar-refractivity contribution is 5.80. The monoisotopic (exact) mass is 183 g/mol. The zero-order valence-corrected chi connectivity index (χ0v) is 9.29. The maximum Gasteiger partial charge on any atom is 0.223 e. The van der Waals surface area contributed by atoms with Crippen molar-refractivity contribution in [1.29, 1.82) is 0 Å². The molecule has 0 aromatic carbocycles. The van der Waals surface area contributed by atoms with Crippen molar-refractivity contribution in [2.45, 2.75) is 40.7 Å². The van der Waals surface area contributed by atoms with E-state index in [0.29, 0.717) is 23.8 Å². The second kappa shape index (κ2) is 3.69. The molecule has 1 fully saturated rings. The molecule has 1 amide bonds. The van der Waals surface area contributed by atoms with Crippen LogP contribution in [0, 0.1) is 23.7 Å². The van der Waals surface area contributed by atoms with Gasteiger partial charge in [-0.3, -0.25) is 4.79 Å². The minimum atomic E-state index is 0.200. The van der Waals surface area contributed by atoms with E-state index < -0.39 is 0 Å². The van der Waals surface area contributed by atoms with Crippen molar-refractivity contribution < 1.29 is 4.79 Å². The number of hydrogen-bond acceptors (Lipinski definition) is 1. The third kappa shape index (κ3) is 1.87. The van der Waals surface area contributed by atoms with Crippen LogP contribution in [0.15, 0.2) is 0 Å². The molecular weight excluding hydrogens is 162 g/mol. The number of nitrogens with one attached hydrogen (secondary N) is 1. The Labute approximate surface area is 81.1 Å². The summed E-state index contributed by atoms with van der Waals surface area (Å²) in [6.07, 6.45) is 0. The van der Waals surface area contributed by atoms with E-state index in [1.807, 2.05) is 0 Å². The van der Waals surface area contributed by atoms with Crippen molar-refractivity contribution >= 4 is 5.91 Å². The molecule has 0 bridgehead atoms. The summed E-state index contributed by atoms with van der Waals surface area (Å²) in [5, 5.41) is 3.05. The average Bonchev–Trinajstić information content (AvgIpc) is 1.99. The van der Waals surface area contributed by atoms with Crippen molar-refractivity contribution in [3.05, 3.63) is 0 Å². The van der Waals surface area contributed by atoms with Gasteiger partial charge in [0.1, 0.15) is 0 Å². The molecule has 1 aliphatic heterocycles. The minimum absolute atomic E-state index is 0.200. The lowest BCUT2D eigenvalue weighted by atomic mass is 9.72. The third-order valence-electron chi connectivity index (χ3n) is 3.58. The van der Waals surface area contributed by atoms with Gasteiger partial charge >= 0.3 is 0 Å². The predicted molar refractivity (Wildman–Crippen MR) is 54.3 cm³/mol. The summed E-state index contributed by atoms with van der Waals surface area (Å²) in [6, 6.07) is 0.331. The van der Waals surface area contributed by atoms with Gasteiger partial charge in [-0.05, 0) is 24.7 Å². The number of carbonyl (C=O) groups excluding carboxylic acids is 1. The Morgan fingerprint density at radius 2 is 1.69 bits per heavy atom. The van der Waals surface area contributed by atoms with Crippen molar-refractivity contribution in [3.63, 3.8) is 0 Å². The van der Waals surface area contributed by atoms with Crippen LogP contribution in [0.5, 0.6) is 0 Å². The van der Waals surface area contributed by atoms with Crippen LogP contribution in [-0.4, -0.2) is 11.9 Å². The van der Waals surface area contributed by atoms with E-state index >= 15 is 0 Å². The van der Waals surface area contributed by atoms with Crippen molar-refractivity contribution in [1.82, 2.24) is 5.32 Å². The predicted octanol–water partition coefficient (Wildman–Crippen LogP) is 2.05. The SMILES string of the molecule is CC(C)C1C(=O)NC(C)C(C)C1C. The largest absolute Gasteiger partial charge is 0.353 e. The van der Waals surface area contributed by atoms with Crippen molar-refractivity contribution in [2.24, 2.45) is 23.7 Å². The zero-order valence-electron chi connectivity index (χ0n) is 9.29. The number of hydrogen-bond donors (Lipinski definition) is 1. The first-order chi connectivity index (χ1) is 5.95. The number of carbonyl (C=O) groups is 1. The normalized spacial score (nSPS) is 40.6. The van der Waals surface area contributed by atoms with Gasteiger partial charge in [0.25, 0.3) is 0 Å². The molecule has 2 nitrogen and oxygen atoms in total. The van der Waals surface area contributed by atoms with Gasteiger partial charge in [-0.1, -0.05) is 27.7 Å². The molecule has 0 saturated carbocycles. The van der Waals surface area contributed by atoms with Crippen LogP contribution in [0.25, 0.3) is 0 Å². The van der Waals surface area contributed by atoms with E-state index in [0.717, 1.165) is 0 Å². The molecule has 76 valence electrons. The Kier molecular flexibility index (Phi) is 2.99. The lowest BCUT2D eigenvalue weighted by Gasteiger charge is -2.40. The second-order valence-corrected chi connectivity index (χ2v) is 4.79. The molecule has 1 aliphatic rings. The fraction of sp³-hybridized carbons (Fsp3) is 0.909. The molecule has 4 unspecified atom stereocenters. The summed E-state index contributed by atoms with van der Waals surface area (Å²) in [4.78, 5) is 11.7. The molecule has 1 heterocycles. The number of piperidine rings is 1. The van der Waals surface area contributed by atoms with E-state index in [-0.39, 0.29) is 11.8 Å². The summed E-state index contributed by atoms with van der Waals surface area (Å²) in [5.41, 5.74) is 0. The second-order valence-electron chi connectivity index (χ2n) is 4.79. The van der Waals surface area contributed by atoms with E-state index in [1.165, 1.54) is 0 Å². The molecule has 0 aromatic heterocycles. The van der Waals surface area contributed by atoms with E-state index in [4.69, 9.17) is 0 Å². The Morgan fingerprint density at radius 3 is 2.15 bits per heavy atom. The standard InChI is InChI=1S/C11H21NO/c1-6(2)10-8(4)7(3)9(5)12-11(10)13/h6-10H,1-5H3,(H,12,13). The number of amides is 1. The summed E-state index contributed by atoms with van der Waals surface area (Å²) in [7, 11) is 0. The van der Waals surface area contributed by atoms with Gasteiger partial charge in [0.2, 0.25) is 5.91 Å². The minimum Gasteiger partial charge on any atom is -0.353 e. The fourth-order valence-electron chi connectivity index (χ4n) is 2.38. The van der Waals surface area contributed by atoms with Crippen LogP contribution in [-0.2, 0) is 4.79 Å². The molecule has 0 aromatic rings. The highest BCUT2D eigenvalue weighted by atomic mass is 16.2. The maximum atomic E-state index is 11.7. The fourth-order valence-corrected chi connectivity index (χ4v) is 2.38. The van der Waals surface area contributed by atoms with E-state index in [1.54, 1.807) is 0 Å². The molecule has 13 heavy (non-hydrogen) atoms. The first-order valence-electron chi connectivity index (χ1n) is 5.25. The van der Waals surface area contributed by atoms with Crippen LogP contribution >= 0.6 is 0 Å². The van der Waals surface area contributed by atoms with Crippen LogP contribution < -0.4 is 5.32 Å². The zero-order chi connectivity index (χ0) is 10.2. The molecule has 0 aliphatic carbocycles. The first-order valence-corrected chi connectivity index (χ1v) is 5.25. The van der Waals surface area contributed by atoms with Gasteiger partial charge in [-0.2, -0.15) is 0 Å². The highest BCUT2D eigenvalue weighted by Crippen LogP contribution is 2.32. The van der Waals surface area contributed by atoms with Gasteiger partial charge in [0.15, 0.2) is 0 Å². The highest BCUT2D eigenvalue weighted by Gasteiger charge is 2.38. The molecule has 2 heteroatoms. The lowest BCUT2D eigenvalue weighted by Crippen LogP contribution is -2.52. The Bertz CT molecular complexity index is 200. The van der Waals surface area contributed by atoms with Crippen LogP contribution in [0.3, 0.4) is 0 Å². The lowest BCUT2D eigenvalue weighted by molar-refractivity contribution is -0.133. The quantitative estimate of drug-likeness (QED) is 0.662. The summed E-state index contributed by atoms with van der Waals surface area (Å²) in [5.74, 6) is 1.98. The van der Waals surface area contributed by atoms with Crippen molar-refractivity contribution in [2.75, 3.05) is 0 Å². The number of rotatable bonds is 1. The third-order valence-corrected chi connectivity index (χ3v) is 3.58. The average molecular weight is 183 g/mol. The summed E-state index contributed by atoms with van der Waals surface area (Å²) in [6.45, 7) is 10.8. The molecule has 0 spiro atoms. The van der Waals surface area contributed by atoms with Gasteiger partial charge in [-0.25, -0.2) is 0 Å². The molecule has 1 rings (SSSR count). The topological polar surface area (TPSA) is 29.1 Å². The molecule has 0 radical (unpaired) electrons. The molecule has 1 N–H and O–H groups in total. The molecular formula is C11H21NO. The van der Waals surface area contributed by atoms with E-state index in [2.05, 4.69) is 39.9 Å². The maximum absolute atomic E-state index is 11.7. The van der Waals surface area contributed by atoms with Gasteiger partial charge < -0.3 is 5.32 Å². The van der Waals surface area contributed by atoms with Crippen molar-refractivity contribution in [3.8, 4) is 0 Å². The van der Waals surface area contributed by atoms with Gasteiger partial charge in [-0.15, -0.1) is 0 Å². The van der Waals surface area contributed by atoms with Gasteiger partial charge in [0, 0.05) is 12.0 Å². The van der Waals surface area contributed by atoms with Crippen LogP contribution in [0.1, 0.15) is 34.6 Å². The Hall–Kier alpha value is -0.530.